The first kappa shape index (κ1) is 17.8. The number of benzene rings is 2. The smallest absolute Gasteiger partial charge is 0.271 e. The summed E-state index contributed by atoms with van der Waals surface area (Å²) < 4.78 is 5.96. The molecule has 0 spiro atoms. The first-order chi connectivity index (χ1) is 13.5. The molecular weight excluding hydrogens is 428 g/mol. The third-order valence-electron chi connectivity index (χ3n) is 3.94. The Morgan fingerprint density at radius 2 is 1.96 bits per heavy atom. The molecule has 0 aliphatic carbocycles. The van der Waals surface area contributed by atoms with Crippen LogP contribution in [0.3, 0.4) is 0 Å². The van der Waals surface area contributed by atoms with Gasteiger partial charge in [0.05, 0.1) is 15.1 Å². The highest BCUT2D eigenvalue weighted by Crippen LogP contribution is 2.32. The Balaban J connectivity index is 1.68. The summed E-state index contributed by atoms with van der Waals surface area (Å²) in [5.41, 5.74) is 2.66. The Morgan fingerprint density at radius 1 is 1.18 bits per heavy atom. The second-order valence-electron chi connectivity index (χ2n) is 5.79. The minimum absolute atomic E-state index is 0.128. The van der Waals surface area contributed by atoms with Crippen LogP contribution in [0.1, 0.15) is 5.56 Å². The van der Waals surface area contributed by atoms with E-state index in [1.54, 1.807) is 42.7 Å². The third-order valence-corrected chi connectivity index (χ3v) is 4.54. The Bertz CT molecular complexity index is 1220. The number of nitro groups is 1. The van der Waals surface area contributed by atoms with E-state index in [4.69, 9.17) is 4.42 Å². The standard InChI is InChI=1S/C19H11BrN4O4/c20-15-9-14(24(26)27)7-12(18(15)25)10-22-13-1-2-17-16(8-13)23-19(28-17)11-3-5-21-6-4-11/h1-10,25H. The molecule has 2 aromatic carbocycles. The summed E-state index contributed by atoms with van der Waals surface area (Å²) in [5.74, 6) is 0.343. The fourth-order valence-electron chi connectivity index (χ4n) is 2.57. The van der Waals surface area contributed by atoms with Gasteiger partial charge in [-0.15, -0.1) is 0 Å². The van der Waals surface area contributed by atoms with Crippen LogP contribution in [0.15, 0.2) is 68.7 Å². The van der Waals surface area contributed by atoms with Crippen LogP contribution < -0.4 is 0 Å². The molecule has 0 radical (unpaired) electrons. The van der Waals surface area contributed by atoms with Crippen molar-refractivity contribution in [1.29, 1.82) is 0 Å². The summed E-state index contributed by atoms with van der Waals surface area (Å²) in [6.07, 6.45) is 4.67. The molecule has 0 atom stereocenters. The van der Waals surface area contributed by atoms with E-state index in [-0.39, 0.29) is 21.5 Å². The van der Waals surface area contributed by atoms with Crippen LogP contribution in [0.5, 0.6) is 5.75 Å². The number of halogens is 1. The van der Waals surface area contributed by atoms with Gasteiger partial charge in [-0.25, -0.2) is 4.98 Å². The summed E-state index contributed by atoms with van der Waals surface area (Å²) in [6, 6.07) is 11.3. The van der Waals surface area contributed by atoms with Crippen molar-refractivity contribution in [2.45, 2.75) is 0 Å². The number of hydrogen-bond donors (Lipinski definition) is 1. The highest BCUT2D eigenvalue weighted by molar-refractivity contribution is 9.10. The number of nitrogens with zero attached hydrogens (tertiary/aromatic N) is 4. The second kappa shape index (κ2) is 7.20. The molecule has 9 heteroatoms. The van der Waals surface area contributed by atoms with Gasteiger partial charge in [0.15, 0.2) is 5.58 Å². The highest BCUT2D eigenvalue weighted by Gasteiger charge is 2.14. The highest BCUT2D eigenvalue weighted by atomic mass is 79.9. The number of aromatic hydroxyl groups is 1. The van der Waals surface area contributed by atoms with Crippen molar-refractivity contribution in [2.75, 3.05) is 0 Å². The maximum Gasteiger partial charge on any atom is 0.271 e. The van der Waals surface area contributed by atoms with E-state index in [9.17, 15) is 15.2 Å². The molecule has 0 bridgehead atoms. The van der Waals surface area contributed by atoms with Gasteiger partial charge in [-0.3, -0.25) is 20.1 Å². The van der Waals surface area contributed by atoms with Gasteiger partial charge in [-0.1, -0.05) is 0 Å². The normalized spacial score (nSPS) is 11.3. The number of nitro benzene ring substituents is 1. The summed E-state index contributed by atoms with van der Waals surface area (Å²) in [6.45, 7) is 0. The number of aromatic nitrogens is 2. The maximum absolute atomic E-state index is 11.0. The molecule has 28 heavy (non-hydrogen) atoms. The van der Waals surface area contributed by atoms with Crippen molar-refractivity contribution in [3.05, 3.63) is 75.0 Å². The molecule has 4 aromatic rings. The quantitative estimate of drug-likeness (QED) is 0.271. The molecule has 0 amide bonds. The summed E-state index contributed by atoms with van der Waals surface area (Å²) in [4.78, 5) is 23.2. The number of hydrogen-bond acceptors (Lipinski definition) is 7. The number of phenols is 1. The molecule has 4 rings (SSSR count). The van der Waals surface area contributed by atoms with Crippen LogP contribution in [0.4, 0.5) is 11.4 Å². The van der Waals surface area contributed by atoms with E-state index in [1.165, 1.54) is 18.3 Å². The zero-order valence-corrected chi connectivity index (χ0v) is 15.7. The van der Waals surface area contributed by atoms with Crippen LogP contribution in [0.2, 0.25) is 0 Å². The molecule has 2 heterocycles. The fraction of sp³-hybridized carbons (Fsp3) is 0. The van der Waals surface area contributed by atoms with Gasteiger partial charge in [0.25, 0.3) is 5.69 Å². The molecule has 0 aliphatic heterocycles. The van der Waals surface area contributed by atoms with Gasteiger partial charge in [0, 0.05) is 41.9 Å². The minimum atomic E-state index is -0.538. The zero-order chi connectivity index (χ0) is 19.7. The van der Waals surface area contributed by atoms with Gasteiger partial charge in [-0.2, -0.15) is 0 Å². The SMILES string of the molecule is O=[N+]([O-])c1cc(Br)c(O)c(C=Nc2ccc3oc(-c4ccncc4)nc3c2)c1. The van der Waals surface area contributed by atoms with Crippen molar-refractivity contribution in [3.8, 4) is 17.2 Å². The van der Waals surface area contributed by atoms with Crippen LogP contribution in [0.25, 0.3) is 22.6 Å². The van der Waals surface area contributed by atoms with E-state index in [0.717, 1.165) is 5.56 Å². The summed E-state index contributed by atoms with van der Waals surface area (Å²) >= 11 is 3.11. The van der Waals surface area contributed by atoms with Gasteiger partial charge in [-0.05, 0) is 46.3 Å². The van der Waals surface area contributed by atoms with Crippen LogP contribution in [-0.2, 0) is 0 Å². The first-order valence-electron chi connectivity index (χ1n) is 8.03. The fourth-order valence-corrected chi connectivity index (χ4v) is 3.03. The van der Waals surface area contributed by atoms with E-state index in [2.05, 4.69) is 30.9 Å². The lowest BCUT2D eigenvalue weighted by Gasteiger charge is -2.02. The minimum Gasteiger partial charge on any atom is -0.506 e. The number of non-ortho nitro benzene ring substituents is 1. The number of rotatable bonds is 4. The maximum atomic E-state index is 11.0. The van der Waals surface area contributed by atoms with Gasteiger partial charge >= 0.3 is 0 Å². The van der Waals surface area contributed by atoms with Crippen molar-refractivity contribution in [3.63, 3.8) is 0 Å². The Kier molecular flexibility index (Phi) is 4.58. The van der Waals surface area contributed by atoms with E-state index < -0.39 is 4.92 Å². The third kappa shape index (κ3) is 3.47. The van der Waals surface area contributed by atoms with E-state index in [0.29, 0.717) is 22.7 Å². The molecule has 1 N–H and O–H groups in total. The molecule has 138 valence electrons. The second-order valence-corrected chi connectivity index (χ2v) is 6.64. The van der Waals surface area contributed by atoms with E-state index >= 15 is 0 Å². The number of fused-ring (bicyclic) bond motifs is 1. The van der Waals surface area contributed by atoms with Crippen molar-refractivity contribution in [2.24, 2.45) is 4.99 Å². The Labute approximate surface area is 166 Å². The average molecular weight is 439 g/mol. The lowest BCUT2D eigenvalue weighted by atomic mass is 10.2. The number of pyridine rings is 1. The van der Waals surface area contributed by atoms with Gasteiger partial charge in [0.1, 0.15) is 11.3 Å². The molecule has 2 aromatic heterocycles. The average Bonchev–Trinajstić information content (AvgIpc) is 3.13. The molecule has 0 aliphatic rings. The molecule has 0 fully saturated rings. The van der Waals surface area contributed by atoms with E-state index in [1.807, 2.05) is 0 Å². The number of phenolic OH excluding ortho intramolecular Hbond substituents is 1. The van der Waals surface area contributed by atoms with Crippen LogP contribution >= 0.6 is 15.9 Å². The Morgan fingerprint density at radius 3 is 2.71 bits per heavy atom. The van der Waals surface area contributed by atoms with Crippen molar-refractivity contribution >= 4 is 44.6 Å². The zero-order valence-electron chi connectivity index (χ0n) is 14.1. The molecule has 0 unspecified atom stereocenters. The van der Waals surface area contributed by atoms with Crippen molar-refractivity contribution < 1.29 is 14.4 Å². The first-order valence-corrected chi connectivity index (χ1v) is 8.82. The monoisotopic (exact) mass is 438 g/mol. The summed E-state index contributed by atoms with van der Waals surface area (Å²) in [7, 11) is 0. The number of aliphatic imine (C=N–C) groups is 1. The van der Waals surface area contributed by atoms with Crippen LogP contribution in [0, 0.1) is 10.1 Å². The summed E-state index contributed by atoms with van der Waals surface area (Å²) in [5, 5.41) is 21.1. The predicted octanol–water partition coefficient (Wildman–Crippen LogP) is 5.02. The molecule has 0 saturated carbocycles. The van der Waals surface area contributed by atoms with Gasteiger partial charge < -0.3 is 9.52 Å². The lowest BCUT2D eigenvalue weighted by molar-refractivity contribution is -0.385. The largest absolute Gasteiger partial charge is 0.506 e. The molecular formula is C19H11BrN4O4. The topological polar surface area (TPSA) is 115 Å². The predicted molar refractivity (Wildman–Crippen MR) is 107 cm³/mol. The molecule has 0 saturated heterocycles. The number of oxazole rings is 1. The van der Waals surface area contributed by atoms with Crippen LogP contribution in [-0.4, -0.2) is 26.2 Å². The van der Waals surface area contributed by atoms with Gasteiger partial charge in [0.2, 0.25) is 5.89 Å². The lowest BCUT2D eigenvalue weighted by Crippen LogP contribution is -1.91. The van der Waals surface area contributed by atoms with Crippen molar-refractivity contribution in [1.82, 2.24) is 9.97 Å². The molecule has 8 nitrogen and oxygen atoms in total. The Hall–Kier alpha value is -3.59.